The van der Waals surface area contributed by atoms with Gasteiger partial charge in [0.1, 0.15) is 5.00 Å². The number of fused-ring (bicyclic) bond motifs is 1. The summed E-state index contributed by atoms with van der Waals surface area (Å²) in [6.45, 7) is 0. The fraction of sp³-hybridized carbons (Fsp3) is 0.278. The van der Waals surface area contributed by atoms with Crippen LogP contribution < -0.4 is 11.1 Å². The molecule has 136 valence electrons. The van der Waals surface area contributed by atoms with Crippen molar-refractivity contribution in [3.8, 4) is 0 Å². The van der Waals surface area contributed by atoms with E-state index >= 15 is 0 Å². The molecule has 0 aliphatic heterocycles. The van der Waals surface area contributed by atoms with E-state index in [2.05, 4.69) is 22.6 Å². The number of hydrogen-bond donors (Lipinski definition) is 3. The first-order chi connectivity index (χ1) is 12.5. The zero-order valence-corrected chi connectivity index (χ0v) is 15.0. The predicted molar refractivity (Wildman–Crippen MR) is 98.9 cm³/mol. The third-order valence-corrected chi connectivity index (χ3v) is 5.66. The van der Waals surface area contributed by atoms with Crippen molar-refractivity contribution in [1.29, 1.82) is 0 Å². The third kappa shape index (κ3) is 3.41. The number of thiophene rings is 1. The molecule has 0 spiro atoms. The van der Waals surface area contributed by atoms with Gasteiger partial charge in [0.2, 0.25) is 5.84 Å². The fourth-order valence-electron chi connectivity index (χ4n) is 3.21. The molecular weight excluding hydrogens is 354 g/mol. The fourth-order valence-corrected chi connectivity index (χ4v) is 4.52. The lowest BCUT2D eigenvalue weighted by Crippen LogP contribution is -2.30. The molecule has 4 N–H and O–H groups in total. The van der Waals surface area contributed by atoms with Crippen LogP contribution in [0.25, 0.3) is 0 Å². The number of rotatable bonds is 3. The van der Waals surface area contributed by atoms with Crippen molar-refractivity contribution in [2.45, 2.75) is 25.2 Å². The van der Waals surface area contributed by atoms with Crippen molar-refractivity contribution in [3.05, 3.63) is 51.9 Å². The molecule has 1 aromatic carbocycles. The number of ether oxygens (including phenoxy) is 1. The van der Waals surface area contributed by atoms with Gasteiger partial charge in [-0.1, -0.05) is 35.5 Å². The van der Waals surface area contributed by atoms with Crippen LogP contribution in [0.4, 0.5) is 5.00 Å². The molecule has 0 saturated carbocycles. The van der Waals surface area contributed by atoms with Crippen LogP contribution in [0.1, 0.15) is 38.7 Å². The lowest BCUT2D eigenvalue weighted by Gasteiger charge is -2.22. The van der Waals surface area contributed by atoms with E-state index < -0.39 is 17.7 Å². The molecule has 1 amide bonds. The first-order valence-corrected chi connectivity index (χ1v) is 8.93. The number of carbonyl (C=O) groups excluding carboxylic acids is 2. The summed E-state index contributed by atoms with van der Waals surface area (Å²) in [4.78, 5) is 25.2. The Kier molecular flexibility index (Phi) is 5.22. The Bertz CT molecular complexity index is 861. The molecule has 8 heteroatoms. The molecule has 1 aliphatic carbocycles. The standard InChI is InChI=1S/C18H19N3O4S/c1-25-18(23)14-12-8-7-11(10-5-3-2-4-6-10)9-13(12)26-17(14)20-16(22)15(19)21-24/h2-6,11,24H,7-9H2,1H3,(H2,19,21)(H,20,22). The van der Waals surface area contributed by atoms with E-state index in [4.69, 9.17) is 15.7 Å². The van der Waals surface area contributed by atoms with Crippen LogP contribution >= 0.6 is 11.3 Å². The van der Waals surface area contributed by atoms with Gasteiger partial charge in [-0.15, -0.1) is 11.3 Å². The van der Waals surface area contributed by atoms with E-state index in [0.29, 0.717) is 16.5 Å². The number of nitrogens with two attached hydrogens (primary N) is 1. The second-order valence-electron chi connectivity index (χ2n) is 5.99. The molecule has 1 unspecified atom stereocenters. The largest absolute Gasteiger partial charge is 0.465 e. The number of nitrogens with one attached hydrogen (secondary N) is 1. The van der Waals surface area contributed by atoms with Crippen LogP contribution in [-0.4, -0.2) is 30.0 Å². The maximum atomic E-state index is 12.3. The summed E-state index contributed by atoms with van der Waals surface area (Å²) in [5.74, 6) is -1.49. The van der Waals surface area contributed by atoms with Crippen LogP contribution in [0, 0.1) is 0 Å². The second kappa shape index (κ2) is 7.57. The second-order valence-corrected chi connectivity index (χ2v) is 7.09. The molecule has 7 nitrogen and oxygen atoms in total. The summed E-state index contributed by atoms with van der Waals surface area (Å²) in [6.07, 6.45) is 2.41. The third-order valence-electron chi connectivity index (χ3n) is 4.49. The highest BCUT2D eigenvalue weighted by molar-refractivity contribution is 7.17. The molecule has 0 radical (unpaired) electrons. The first kappa shape index (κ1) is 17.9. The van der Waals surface area contributed by atoms with Gasteiger partial charge >= 0.3 is 5.97 Å². The number of oxime groups is 1. The average molecular weight is 373 g/mol. The zero-order valence-electron chi connectivity index (χ0n) is 14.2. The maximum Gasteiger partial charge on any atom is 0.341 e. The lowest BCUT2D eigenvalue weighted by molar-refractivity contribution is -0.110. The number of amides is 1. The Labute approximate surface area is 154 Å². The van der Waals surface area contributed by atoms with Gasteiger partial charge in [-0.2, -0.15) is 0 Å². The number of nitrogens with zero attached hydrogens (tertiary/aromatic N) is 1. The van der Waals surface area contributed by atoms with Gasteiger partial charge in [-0.25, -0.2) is 4.79 Å². The highest BCUT2D eigenvalue weighted by Crippen LogP contribution is 2.42. The van der Waals surface area contributed by atoms with E-state index in [1.165, 1.54) is 24.0 Å². The normalized spacial score (nSPS) is 16.7. The monoisotopic (exact) mass is 373 g/mol. The molecule has 1 heterocycles. The predicted octanol–water partition coefficient (Wildman–Crippen LogP) is 2.49. The van der Waals surface area contributed by atoms with Crippen molar-refractivity contribution < 1.29 is 19.5 Å². The summed E-state index contributed by atoms with van der Waals surface area (Å²) in [6, 6.07) is 10.2. The number of benzene rings is 1. The number of esters is 1. The minimum absolute atomic E-state index is 0.359. The number of methoxy groups -OCH3 is 1. The smallest absolute Gasteiger partial charge is 0.341 e. The molecule has 2 aromatic rings. The molecule has 0 fully saturated rings. The lowest BCUT2D eigenvalue weighted by atomic mass is 9.83. The molecule has 1 aromatic heterocycles. The topological polar surface area (TPSA) is 114 Å². The van der Waals surface area contributed by atoms with Crippen LogP contribution in [-0.2, 0) is 22.4 Å². The van der Waals surface area contributed by atoms with Gasteiger partial charge in [0.15, 0.2) is 0 Å². The van der Waals surface area contributed by atoms with Crippen molar-refractivity contribution in [2.24, 2.45) is 10.9 Å². The van der Waals surface area contributed by atoms with Crippen molar-refractivity contribution in [2.75, 3.05) is 12.4 Å². The maximum absolute atomic E-state index is 12.3. The molecular formula is C18H19N3O4S. The number of anilines is 1. The number of hydrogen-bond acceptors (Lipinski definition) is 6. The average Bonchev–Trinajstić information content (AvgIpc) is 3.04. The summed E-state index contributed by atoms with van der Waals surface area (Å²) in [7, 11) is 1.30. The van der Waals surface area contributed by atoms with Crippen LogP contribution in [0.3, 0.4) is 0 Å². The van der Waals surface area contributed by atoms with E-state index in [-0.39, 0.29) is 0 Å². The van der Waals surface area contributed by atoms with Gasteiger partial charge in [-0.05, 0) is 36.3 Å². The van der Waals surface area contributed by atoms with E-state index in [1.807, 2.05) is 18.2 Å². The molecule has 1 atom stereocenters. The summed E-state index contributed by atoms with van der Waals surface area (Å²) in [5, 5.41) is 14.2. The van der Waals surface area contributed by atoms with E-state index in [0.717, 1.165) is 29.7 Å². The Morgan fingerprint density at radius 2 is 2.08 bits per heavy atom. The van der Waals surface area contributed by atoms with Gasteiger partial charge in [0.05, 0.1) is 12.7 Å². The van der Waals surface area contributed by atoms with Gasteiger partial charge in [0, 0.05) is 4.88 Å². The molecule has 3 rings (SSSR count). The Balaban J connectivity index is 1.94. The summed E-state index contributed by atoms with van der Waals surface area (Å²) < 4.78 is 4.89. The Morgan fingerprint density at radius 3 is 2.73 bits per heavy atom. The number of carbonyl (C=O) groups is 2. The molecule has 1 aliphatic rings. The zero-order chi connectivity index (χ0) is 18.7. The van der Waals surface area contributed by atoms with Crippen LogP contribution in [0.15, 0.2) is 35.5 Å². The van der Waals surface area contributed by atoms with Crippen LogP contribution in [0.5, 0.6) is 0 Å². The van der Waals surface area contributed by atoms with Crippen molar-refractivity contribution >= 4 is 34.0 Å². The van der Waals surface area contributed by atoms with Gasteiger partial charge in [-0.3, -0.25) is 4.79 Å². The van der Waals surface area contributed by atoms with Gasteiger partial charge in [0.25, 0.3) is 5.91 Å². The summed E-state index contributed by atoms with van der Waals surface area (Å²) in [5.41, 5.74) is 7.84. The molecule has 0 saturated heterocycles. The SMILES string of the molecule is COC(=O)c1c(NC(=O)/C(N)=N\O)sc2c1CCC(c1ccccc1)C2. The van der Waals surface area contributed by atoms with E-state index in [9.17, 15) is 9.59 Å². The number of amidine groups is 1. The quantitative estimate of drug-likeness (QED) is 0.251. The summed E-state index contributed by atoms with van der Waals surface area (Å²) >= 11 is 1.34. The van der Waals surface area contributed by atoms with Crippen molar-refractivity contribution in [1.82, 2.24) is 0 Å². The Morgan fingerprint density at radius 1 is 1.35 bits per heavy atom. The van der Waals surface area contributed by atoms with Crippen LogP contribution in [0.2, 0.25) is 0 Å². The highest BCUT2D eigenvalue weighted by Gasteiger charge is 2.30. The molecule has 0 bridgehead atoms. The first-order valence-electron chi connectivity index (χ1n) is 8.11. The van der Waals surface area contributed by atoms with Gasteiger partial charge < -0.3 is 21.0 Å². The minimum atomic E-state index is -0.768. The highest BCUT2D eigenvalue weighted by atomic mass is 32.1. The van der Waals surface area contributed by atoms with Crippen molar-refractivity contribution in [3.63, 3.8) is 0 Å². The Hall–Kier alpha value is -2.87. The minimum Gasteiger partial charge on any atom is -0.465 e. The molecule has 26 heavy (non-hydrogen) atoms. The van der Waals surface area contributed by atoms with E-state index in [1.54, 1.807) is 0 Å².